The second-order valence-electron chi connectivity index (χ2n) is 6.18. The van der Waals surface area contributed by atoms with E-state index in [0.29, 0.717) is 5.75 Å². The third-order valence-corrected chi connectivity index (χ3v) is 5.40. The molecule has 3 amide bonds. The predicted octanol–water partition coefficient (Wildman–Crippen LogP) is 2.28. The fraction of sp³-hybridized carbons (Fsp3) is 0.250. The van der Waals surface area contributed by atoms with Crippen molar-refractivity contribution in [2.75, 3.05) is 11.9 Å². The maximum atomic E-state index is 12.1. The lowest BCUT2D eigenvalue weighted by Gasteiger charge is -2.23. The van der Waals surface area contributed by atoms with Crippen molar-refractivity contribution in [1.29, 1.82) is 0 Å². The van der Waals surface area contributed by atoms with Crippen molar-refractivity contribution in [1.82, 2.24) is 10.9 Å². The second-order valence-corrected chi connectivity index (χ2v) is 7.42. The lowest BCUT2D eigenvalue weighted by molar-refractivity contribution is -0.130. The number of fused-ring (bicyclic) bond motifs is 1. The molecule has 146 valence electrons. The number of hydrazine groups is 1. The van der Waals surface area contributed by atoms with Gasteiger partial charge < -0.3 is 10.1 Å². The van der Waals surface area contributed by atoms with Gasteiger partial charge in [-0.05, 0) is 36.2 Å². The quantitative estimate of drug-likeness (QED) is 0.648. The lowest BCUT2D eigenvalue weighted by Crippen LogP contribution is -2.45. The number of aryl methyl sites for hydroxylation is 1. The van der Waals surface area contributed by atoms with E-state index in [0.717, 1.165) is 17.0 Å². The van der Waals surface area contributed by atoms with Gasteiger partial charge in [0.2, 0.25) is 11.8 Å². The molecule has 0 saturated carbocycles. The van der Waals surface area contributed by atoms with Crippen LogP contribution in [0.25, 0.3) is 0 Å². The molecule has 3 rings (SSSR count). The minimum absolute atomic E-state index is 0.0511. The molecule has 28 heavy (non-hydrogen) atoms. The monoisotopic (exact) mass is 399 g/mol. The molecule has 0 aliphatic carbocycles. The standard InChI is InChI=1S/C20H21N3O4S/c1-2-13-7-9-14(10-8-13)27-12-19(25)23-22-18(24)11-17-20(26)21-15-5-3-4-6-16(15)28-17/h3-10,17H,2,11-12H2,1H3,(H,21,26)(H,22,24)(H,23,25)/t17-/m0/s1. The summed E-state index contributed by atoms with van der Waals surface area (Å²) in [4.78, 5) is 36.9. The predicted molar refractivity (Wildman–Crippen MR) is 107 cm³/mol. The number of thioether (sulfide) groups is 1. The average molecular weight is 399 g/mol. The fourth-order valence-corrected chi connectivity index (χ4v) is 3.70. The van der Waals surface area contributed by atoms with Crippen molar-refractivity contribution in [3.8, 4) is 5.75 Å². The van der Waals surface area contributed by atoms with Crippen LogP contribution < -0.4 is 20.9 Å². The minimum atomic E-state index is -0.555. The number of anilines is 1. The summed E-state index contributed by atoms with van der Waals surface area (Å²) in [5.41, 5.74) is 6.53. The van der Waals surface area contributed by atoms with Gasteiger partial charge in [0.05, 0.1) is 10.9 Å². The van der Waals surface area contributed by atoms with E-state index in [9.17, 15) is 14.4 Å². The zero-order valence-corrected chi connectivity index (χ0v) is 16.2. The Kier molecular flexibility index (Phi) is 6.54. The molecule has 0 fully saturated rings. The number of amides is 3. The number of hydrogen-bond acceptors (Lipinski definition) is 5. The summed E-state index contributed by atoms with van der Waals surface area (Å²) >= 11 is 1.33. The van der Waals surface area contributed by atoms with E-state index in [1.54, 1.807) is 12.1 Å². The first-order valence-electron chi connectivity index (χ1n) is 8.91. The molecule has 0 spiro atoms. The third kappa shape index (κ3) is 5.26. The van der Waals surface area contributed by atoms with Gasteiger partial charge in [-0.1, -0.05) is 31.2 Å². The summed E-state index contributed by atoms with van der Waals surface area (Å²) in [7, 11) is 0. The number of nitrogens with one attached hydrogen (secondary N) is 3. The molecule has 1 heterocycles. The topological polar surface area (TPSA) is 96.5 Å². The number of rotatable bonds is 6. The Bertz CT molecular complexity index is 870. The minimum Gasteiger partial charge on any atom is -0.484 e. The van der Waals surface area contributed by atoms with Crippen LogP contribution in [0.4, 0.5) is 5.69 Å². The van der Waals surface area contributed by atoms with Crippen LogP contribution in [-0.4, -0.2) is 29.6 Å². The molecule has 0 aromatic heterocycles. The van der Waals surface area contributed by atoms with Crippen LogP contribution in [0.3, 0.4) is 0 Å². The normalized spacial score (nSPS) is 15.2. The Morgan fingerprint density at radius 2 is 1.79 bits per heavy atom. The van der Waals surface area contributed by atoms with Gasteiger partial charge in [-0.2, -0.15) is 0 Å². The van der Waals surface area contributed by atoms with E-state index in [4.69, 9.17) is 4.74 Å². The van der Waals surface area contributed by atoms with Gasteiger partial charge in [0.25, 0.3) is 5.91 Å². The average Bonchev–Trinajstić information content (AvgIpc) is 2.71. The molecule has 0 bridgehead atoms. The van der Waals surface area contributed by atoms with Gasteiger partial charge in [-0.3, -0.25) is 25.2 Å². The highest BCUT2D eigenvalue weighted by atomic mass is 32.2. The molecule has 3 N–H and O–H groups in total. The Morgan fingerprint density at radius 3 is 2.54 bits per heavy atom. The van der Waals surface area contributed by atoms with Crippen LogP contribution in [0.2, 0.25) is 0 Å². The highest BCUT2D eigenvalue weighted by Gasteiger charge is 2.28. The van der Waals surface area contributed by atoms with Gasteiger partial charge in [-0.25, -0.2) is 0 Å². The van der Waals surface area contributed by atoms with Crippen LogP contribution in [0.1, 0.15) is 18.9 Å². The molecule has 8 heteroatoms. The van der Waals surface area contributed by atoms with E-state index < -0.39 is 17.1 Å². The van der Waals surface area contributed by atoms with Crippen LogP contribution >= 0.6 is 11.8 Å². The molecular weight excluding hydrogens is 378 g/mol. The zero-order chi connectivity index (χ0) is 19.9. The van der Waals surface area contributed by atoms with Crippen LogP contribution in [0.5, 0.6) is 5.75 Å². The number of ether oxygens (including phenoxy) is 1. The van der Waals surface area contributed by atoms with E-state index in [1.807, 2.05) is 36.4 Å². The van der Waals surface area contributed by atoms with Crippen LogP contribution in [0.15, 0.2) is 53.4 Å². The lowest BCUT2D eigenvalue weighted by atomic mass is 10.2. The van der Waals surface area contributed by atoms with Gasteiger partial charge in [0.1, 0.15) is 5.75 Å². The maximum absolute atomic E-state index is 12.1. The maximum Gasteiger partial charge on any atom is 0.276 e. The molecule has 2 aromatic rings. The molecule has 7 nitrogen and oxygen atoms in total. The number of carbonyl (C=O) groups excluding carboxylic acids is 3. The largest absolute Gasteiger partial charge is 0.484 e. The summed E-state index contributed by atoms with van der Waals surface area (Å²) in [6.07, 6.45) is 0.875. The van der Waals surface area contributed by atoms with E-state index in [1.165, 1.54) is 17.3 Å². The van der Waals surface area contributed by atoms with E-state index in [-0.39, 0.29) is 18.9 Å². The summed E-state index contributed by atoms with van der Waals surface area (Å²) in [5, 5.41) is 2.22. The Labute approximate surface area is 167 Å². The Hall–Kier alpha value is -3.00. The number of carbonyl (C=O) groups is 3. The van der Waals surface area contributed by atoms with Gasteiger partial charge in [0, 0.05) is 11.3 Å². The number of hydrogen-bond donors (Lipinski definition) is 3. The van der Waals surface area contributed by atoms with Crippen molar-refractivity contribution < 1.29 is 19.1 Å². The van der Waals surface area contributed by atoms with E-state index >= 15 is 0 Å². The molecule has 1 atom stereocenters. The smallest absolute Gasteiger partial charge is 0.276 e. The first kappa shape index (κ1) is 19.8. The molecule has 2 aromatic carbocycles. The van der Waals surface area contributed by atoms with Crippen molar-refractivity contribution in [2.45, 2.75) is 29.9 Å². The molecule has 0 radical (unpaired) electrons. The Morgan fingerprint density at radius 1 is 1.07 bits per heavy atom. The third-order valence-electron chi connectivity index (χ3n) is 4.12. The van der Waals surface area contributed by atoms with Gasteiger partial charge >= 0.3 is 0 Å². The van der Waals surface area contributed by atoms with Crippen molar-refractivity contribution in [2.24, 2.45) is 0 Å². The second kappa shape index (κ2) is 9.27. The number of benzene rings is 2. The van der Waals surface area contributed by atoms with Gasteiger partial charge in [-0.15, -0.1) is 11.8 Å². The Balaban J connectivity index is 1.41. The summed E-state index contributed by atoms with van der Waals surface area (Å²) < 4.78 is 5.37. The zero-order valence-electron chi connectivity index (χ0n) is 15.4. The molecule has 1 aliphatic rings. The molecule has 1 aliphatic heterocycles. The summed E-state index contributed by atoms with van der Waals surface area (Å²) in [5.74, 6) is -0.594. The molecule has 0 saturated heterocycles. The van der Waals surface area contributed by atoms with Crippen LogP contribution in [-0.2, 0) is 20.8 Å². The summed E-state index contributed by atoms with van der Waals surface area (Å²) in [6.45, 7) is 1.83. The van der Waals surface area contributed by atoms with Crippen LogP contribution in [0, 0.1) is 0 Å². The van der Waals surface area contributed by atoms with Crippen molar-refractivity contribution in [3.05, 3.63) is 54.1 Å². The fourth-order valence-electron chi connectivity index (χ4n) is 2.59. The highest BCUT2D eigenvalue weighted by Crippen LogP contribution is 2.36. The van der Waals surface area contributed by atoms with E-state index in [2.05, 4.69) is 23.1 Å². The van der Waals surface area contributed by atoms with Crippen molar-refractivity contribution in [3.63, 3.8) is 0 Å². The molecule has 0 unspecified atom stereocenters. The van der Waals surface area contributed by atoms with Crippen molar-refractivity contribution >= 4 is 35.2 Å². The van der Waals surface area contributed by atoms with Gasteiger partial charge in [0.15, 0.2) is 6.61 Å². The summed E-state index contributed by atoms with van der Waals surface area (Å²) in [6, 6.07) is 14.9. The molecular formula is C20H21N3O4S. The first-order chi connectivity index (χ1) is 13.5. The number of para-hydroxylation sites is 1. The highest BCUT2D eigenvalue weighted by molar-refractivity contribution is 8.01. The SMILES string of the molecule is CCc1ccc(OCC(=O)NNC(=O)C[C@@H]2Sc3ccccc3NC2=O)cc1. The first-order valence-corrected chi connectivity index (χ1v) is 9.79.